The molecule has 0 unspecified atom stereocenters. The third-order valence-electron chi connectivity index (χ3n) is 3.55. The highest BCUT2D eigenvalue weighted by Gasteiger charge is 2.19. The van der Waals surface area contributed by atoms with E-state index in [0.29, 0.717) is 0 Å². The molecule has 3 nitrogen and oxygen atoms in total. The number of aryl methyl sites for hydroxylation is 1. The van der Waals surface area contributed by atoms with Crippen molar-refractivity contribution >= 4 is 16.8 Å². The van der Waals surface area contributed by atoms with Crippen LogP contribution >= 0.6 is 0 Å². The van der Waals surface area contributed by atoms with Crippen LogP contribution in [0.2, 0.25) is 0 Å². The molecular formula is C14H16N2O. The minimum Gasteiger partial charge on any atom is -0.357 e. The Balaban J connectivity index is 2.09. The molecule has 0 bridgehead atoms. The average molecular weight is 228 g/mol. The average Bonchev–Trinajstić information content (AvgIpc) is 2.53. The van der Waals surface area contributed by atoms with Crippen molar-refractivity contribution in [2.45, 2.75) is 26.3 Å². The van der Waals surface area contributed by atoms with Gasteiger partial charge in [0.2, 0.25) is 5.91 Å². The summed E-state index contributed by atoms with van der Waals surface area (Å²) in [5, 5.41) is 1.31. The number of aromatic amines is 1. The van der Waals surface area contributed by atoms with Crippen molar-refractivity contribution in [2.24, 2.45) is 0 Å². The molecule has 1 aromatic carbocycles. The van der Waals surface area contributed by atoms with E-state index in [1.54, 1.807) is 6.92 Å². The Morgan fingerprint density at radius 2 is 2.18 bits per heavy atom. The van der Waals surface area contributed by atoms with Crippen LogP contribution in [0.15, 0.2) is 24.3 Å². The maximum atomic E-state index is 11.5. The Morgan fingerprint density at radius 1 is 1.35 bits per heavy atom. The van der Waals surface area contributed by atoms with Gasteiger partial charge in [-0.3, -0.25) is 4.79 Å². The second kappa shape index (κ2) is 3.91. The van der Waals surface area contributed by atoms with E-state index in [9.17, 15) is 4.79 Å². The highest BCUT2D eigenvalue weighted by molar-refractivity contribution is 5.85. The van der Waals surface area contributed by atoms with Crippen molar-refractivity contribution in [3.63, 3.8) is 0 Å². The van der Waals surface area contributed by atoms with Gasteiger partial charge in [0, 0.05) is 30.1 Å². The van der Waals surface area contributed by atoms with Crippen molar-refractivity contribution in [2.75, 3.05) is 6.54 Å². The molecular weight excluding hydrogens is 212 g/mol. The molecule has 1 aliphatic rings. The second-order valence-electron chi connectivity index (χ2n) is 4.67. The van der Waals surface area contributed by atoms with Crippen molar-refractivity contribution in [1.82, 2.24) is 9.88 Å². The van der Waals surface area contributed by atoms with Gasteiger partial charge in [-0.25, -0.2) is 0 Å². The number of aromatic nitrogens is 1. The van der Waals surface area contributed by atoms with Crippen molar-refractivity contribution in [3.8, 4) is 0 Å². The maximum Gasteiger partial charge on any atom is 0.219 e. The van der Waals surface area contributed by atoms with Gasteiger partial charge < -0.3 is 9.88 Å². The lowest BCUT2D eigenvalue weighted by Gasteiger charge is -2.17. The fourth-order valence-corrected chi connectivity index (χ4v) is 2.66. The fourth-order valence-electron chi connectivity index (χ4n) is 2.66. The van der Waals surface area contributed by atoms with Crippen LogP contribution in [0.3, 0.4) is 0 Å². The van der Waals surface area contributed by atoms with Crippen LogP contribution in [0, 0.1) is 0 Å². The Kier molecular flexibility index (Phi) is 2.39. The quantitative estimate of drug-likeness (QED) is 0.738. The van der Waals surface area contributed by atoms with Gasteiger partial charge in [0.15, 0.2) is 0 Å². The van der Waals surface area contributed by atoms with Crippen molar-refractivity contribution in [3.05, 3.63) is 35.5 Å². The topological polar surface area (TPSA) is 36.1 Å². The molecule has 0 radical (unpaired) electrons. The van der Waals surface area contributed by atoms with Crippen LogP contribution in [0.1, 0.15) is 24.6 Å². The Labute approximate surface area is 100 Å². The minimum absolute atomic E-state index is 0.163. The zero-order valence-corrected chi connectivity index (χ0v) is 9.99. The summed E-state index contributed by atoms with van der Waals surface area (Å²) in [5.74, 6) is 0.163. The largest absolute Gasteiger partial charge is 0.357 e. The SMILES string of the molecule is CC(=O)N1CCCc2c([nH]c3ccccc23)C1. The molecule has 0 saturated carbocycles. The molecule has 3 rings (SSSR count). The molecule has 17 heavy (non-hydrogen) atoms. The molecule has 0 spiro atoms. The van der Waals surface area contributed by atoms with Crippen LogP contribution in [0.4, 0.5) is 0 Å². The summed E-state index contributed by atoms with van der Waals surface area (Å²) in [6.07, 6.45) is 2.11. The Morgan fingerprint density at radius 3 is 3.00 bits per heavy atom. The number of H-pyrrole nitrogens is 1. The van der Waals surface area contributed by atoms with Crippen LogP contribution in [-0.2, 0) is 17.8 Å². The predicted octanol–water partition coefficient (Wildman–Crippen LogP) is 2.46. The highest BCUT2D eigenvalue weighted by Crippen LogP contribution is 2.27. The molecule has 1 aromatic heterocycles. The molecule has 0 saturated heterocycles. The standard InChI is InChI=1S/C14H16N2O/c1-10(17)16-8-4-6-12-11-5-2-3-7-13(11)15-14(12)9-16/h2-3,5,7,15H,4,6,8-9H2,1H3. The number of benzene rings is 1. The molecule has 2 aromatic rings. The van der Waals surface area contributed by atoms with Gasteiger partial charge >= 0.3 is 0 Å². The van der Waals surface area contributed by atoms with Crippen LogP contribution in [-0.4, -0.2) is 22.3 Å². The maximum absolute atomic E-state index is 11.5. The van der Waals surface area contributed by atoms with Crippen LogP contribution in [0.5, 0.6) is 0 Å². The normalized spacial score (nSPS) is 15.7. The van der Waals surface area contributed by atoms with Crippen molar-refractivity contribution < 1.29 is 4.79 Å². The smallest absolute Gasteiger partial charge is 0.219 e. The number of carbonyl (C=O) groups excluding carboxylic acids is 1. The van der Waals surface area contributed by atoms with E-state index in [1.807, 2.05) is 11.0 Å². The van der Waals surface area contributed by atoms with E-state index in [2.05, 4.69) is 23.2 Å². The molecule has 1 amide bonds. The van der Waals surface area contributed by atoms with Gasteiger partial charge in [0.05, 0.1) is 6.54 Å². The second-order valence-corrected chi connectivity index (χ2v) is 4.67. The third-order valence-corrected chi connectivity index (χ3v) is 3.55. The first-order chi connectivity index (χ1) is 8.25. The Hall–Kier alpha value is -1.77. The first-order valence-electron chi connectivity index (χ1n) is 6.09. The van der Waals surface area contributed by atoms with E-state index in [1.165, 1.54) is 22.2 Å². The number of nitrogens with one attached hydrogen (secondary N) is 1. The monoisotopic (exact) mass is 228 g/mol. The van der Waals surface area contributed by atoms with E-state index in [0.717, 1.165) is 25.9 Å². The van der Waals surface area contributed by atoms with Gasteiger partial charge in [-0.15, -0.1) is 0 Å². The molecule has 3 heteroatoms. The van der Waals surface area contributed by atoms with Crippen LogP contribution in [0.25, 0.3) is 10.9 Å². The molecule has 1 aliphatic heterocycles. The molecule has 2 heterocycles. The first-order valence-corrected chi connectivity index (χ1v) is 6.09. The first kappa shape index (κ1) is 10.4. The van der Waals surface area contributed by atoms with E-state index in [4.69, 9.17) is 0 Å². The summed E-state index contributed by atoms with van der Waals surface area (Å²) in [4.78, 5) is 16.9. The molecule has 0 aliphatic carbocycles. The summed E-state index contributed by atoms with van der Waals surface area (Å²) >= 11 is 0. The lowest BCUT2D eigenvalue weighted by molar-refractivity contribution is -0.129. The summed E-state index contributed by atoms with van der Waals surface area (Å²) in [6, 6.07) is 8.38. The number of carbonyl (C=O) groups is 1. The number of hydrogen-bond donors (Lipinski definition) is 1. The summed E-state index contributed by atoms with van der Waals surface area (Å²) in [7, 11) is 0. The lowest BCUT2D eigenvalue weighted by atomic mass is 10.1. The lowest BCUT2D eigenvalue weighted by Crippen LogP contribution is -2.28. The number of amides is 1. The summed E-state index contributed by atoms with van der Waals surface area (Å²) in [6.45, 7) is 3.24. The van der Waals surface area contributed by atoms with Gasteiger partial charge in [-0.1, -0.05) is 18.2 Å². The number of para-hydroxylation sites is 1. The van der Waals surface area contributed by atoms with Gasteiger partial charge in [0.1, 0.15) is 0 Å². The number of hydrogen-bond acceptors (Lipinski definition) is 1. The summed E-state index contributed by atoms with van der Waals surface area (Å²) < 4.78 is 0. The van der Waals surface area contributed by atoms with Gasteiger partial charge in [-0.2, -0.15) is 0 Å². The van der Waals surface area contributed by atoms with Gasteiger partial charge in [0.25, 0.3) is 0 Å². The molecule has 0 fully saturated rings. The number of nitrogens with zero attached hydrogens (tertiary/aromatic N) is 1. The zero-order chi connectivity index (χ0) is 11.8. The number of rotatable bonds is 0. The molecule has 88 valence electrons. The van der Waals surface area contributed by atoms with Gasteiger partial charge in [-0.05, 0) is 24.5 Å². The Bertz CT molecular complexity index is 571. The predicted molar refractivity (Wildman–Crippen MR) is 67.7 cm³/mol. The highest BCUT2D eigenvalue weighted by atomic mass is 16.2. The molecule has 0 atom stereocenters. The van der Waals surface area contributed by atoms with E-state index in [-0.39, 0.29) is 5.91 Å². The van der Waals surface area contributed by atoms with E-state index >= 15 is 0 Å². The summed E-state index contributed by atoms with van der Waals surface area (Å²) in [5.41, 5.74) is 3.78. The molecule has 1 N–H and O–H groups in total. The number of fused-ring (bicyclic) bond motifs is 3. The fraction of sp³-hybridized carbons (Fsp3) is 0.357. The van der Waals surface area contributed by atoms with E-state index < -0.39 is 0 Å². The zero-order valence-electron chi connectivity index (χ0n) is 9.99. The van der Waals surface area contributed by atoms with Crippen LogP contribution < -0.4 is 0 Å². The minimum atomic E-state index is 0.163. The van der Waals surface area contributed by atoms with Crippen molar-refractivity contribution in [1.29, 1.82) is 0 Å². The third kappa shape index (κ3) is 1.71.